The van der Waals surface area contributed by atoms with Crippen molar-refractivity contribution in [3.05, 3.63) is 71.3 Å². The topological polar surface area (TPSA) is 32.7 Å². The van der Waals surface area contributed by atoms with E-state index in [4.69, 9.17) is 4.74 Å². The molecule has 24 heavy (non-hydrogen) atoms. The predicted molar refractivity (Wildman–Crippen MR) is 94.8 cm³/mol. The first-order valence-corrected chi connectivity index (χ1v) is 8.82. The second-order valence-electron chi connectivity index (χ2n) is 7.15. The van der Waals surface area contributed by atoms with Crippen LogP contribution in [0.3, 0.4) is 0 Å². The van der Waals surface area contributed by atoms with E-state index in [1.807, 2.05) is 6.07 Å². The second-order valence-corrected chi connectivity index (χ2v) is 7.15. The highest BCUT2D eigenvalue weighted by Crippen LogP contribution is 2.52. The Bertz CT molecular complexity index is 694. The average Bonchev–Trinajstić information content (AvgIpc) is 2.86. The minimum Gasteiger partial charge on any atom is -0.390 e. The highest BCUT2D eigenvalue weighted by Gasteiger charge is 2.52. The van der Waals surface area contributed by atoms with Crippen LogP contribution >= 0.6 is 0 Å². The van der Waals surface area contributed by atoms with Gasteiger partial charge in [0.05, 0.1) is 12.1 Å². The number of aliphatic hydroxyl groups is 1. The van der Waals surface area contributed by atoms with Crippen LogP contribution in [0.5, 0.6) is 0 Å². The molecule has 0 saturated carbocycles. The molecule has 1 N–H and O–H groups in total. The van der Waals surface area contributed by atoms with Crippen LogP contribution in [0.25, 0.3) is 0 Å². The van der Waals surface area contributed by atoms with Gasteiger partial charge in [0, 0.05) is 25.2 Å². The van der Waals surface area contributed by atoms with Crippen molar-refractivity contribution in [2.24, 2.45) is 0 Å². The van der Waals surface area contributed by atoms with E-state index in [0.717, 1.165) is 32.6 Å². The zero-order chi connectivity index (χ0) is 16.6. The van der Waals surface area contributed by atoms with Crippen LogP contribution in [0.1, 0.15) is 35.6 Å². The highest BCUT2D eigenvalue weighted by molar-refractivity contribution is 5.45. The first kappa shape index (κ1) is 15.8. The lowest BCUT2D eigenvalue weighted by atomic mass is 9.73. The van der Waals surface area contributed by atoms with Crippen molar-refractivity contribution < 1.29 is 9.84 Å². The van der Waals surface area contributed by atoms with E-state index in [2.05, 4.69) is 60.5 Å². The smallest absolute Gasteiger partial charge is 0.0835 e. The molecule has 126 valence electrons. The van der Waals surface area contributed by atoms with E-state index in [9.17, 15) is 5.11 Å². The molecule has 0 aromatic heterocycles. The summed E-state index contributed by atoms with van der Waals surface area (Å²) in [7, 11) is 2.12. The Morgan fingerprint density at radius 2 is 1.71 bits per heavy atom. The Kier molecular flexibility index (Phi) is 4.17. The molecule has 1 aliphatic heterocycles. The quantitative estimate of drug-likeness (QED) is 0.941. The number of hydrogen-bond acceptors (Lipinski definition) is 3. The maximum absolute atomic E-state index is 11.3. The van der Waals surface area contributed by atoms with Crippen molar-refractivity contribution in [2.75, 3.05) is 20.3 Å². The van der Waals surface area contributed by atoms with Gasteiger partial charge in [-0.15, -0.1) is 0 Å². The number of likely N-dealkylation sites (N-methyl/N-ethyl adjacent to an activating group) is 1. The summed E-state index contributed by atoms with van der Waals surface area (Å²) in [5.41, 5.74) is 3.73. The Morgan fingerprint density at radius 1 is 1.04 bits per heavy atom. The maximum Gasteiger partial charge on any atom is 0.0835 e. The molecule has 2 unspecified atom stereocenters. The Labute approximate surface area is 143 Å². The van der Waals surface area contributed by atoms with Gasteiger partial charge in [-0.2, -0.15) is 0 Å². The molecule has 0 bridgehead atoms. The molecule has 2 aliphatic rings. The van der Waals surface area contributed by atoms with Gasteiger partial charge in [0.2, 0.25) is 0 Å². The first-order chi connectivity index (χ1) is 11.7. The van der Waals surface area contributed by atoms with Gasteiger partial charge in [-0.3, -0.25) is 4.90 Å². The fourth-order valence-electron chi connectivity index (χ4n) is 4.59. The van der Waals surface area contributed by atoms with E-state index >= 15 is 0 Å². The summed E-state index contributed by atoms with van der Waals surface area (Å²) in [6.07, 6.45) is 1.43. The number of hydrogen-bond donors (Lipinski definition) is 1. The molecule has 1 aliphatic carbocycles. The summed E-state index contributed by atoms with van der Waals surface area (Å²) in [6, 6.07) is 19.1. The van der Waals surface area contributed by atoms with Crippen LogP contribution in [0.15, 0.2) is 54.6 Å². The van der Waals surface area contributed by atoms with Crippen LogP contribution in [0, 0.1) is 0 Å². The van der Waals surface area contributed by atoms with E-state index in [1.54, 1.807) is 0 Å². The van der Waals surface area contributed by atoms with Gasteiger partial charge in [0.15, 0.2) is 0 Å². The minimum absolute atomic E-state index is 0.0412. The van der Waals surface area contributed by atoms with Crippen LogP contribution in [0.2, 0.25) is 0 Å². The number of ether oxygens (including phenoxy) is 1. The minimum atomic E-state index is -0.382. The van der Waals surface area contributed by atoms with E-state index in [0.29, 0.717) is 0 Å². The molecular weight excluding hydrogens is 298 g/mol. The third-order valence-electron chi connectivity index (χ3n) is 5.82. The Balaban J connectivity index is 1.68. The van der Waals surface area contributed by atoms with Crippen LogP contribution in [-0.4, -0.2) is 36.4 Å². The molecule has 1 saturated heterocycles. The maximum atomic E-state index is 11.3. The average molecular weight is 323 g/mol. The lowest BCUT2D eigenvalue weighted by molar-refractivity contribution is -0.0388. The largest absolute Gasteiger partial charge is 0.390 e. The number of nitrogens with zero attached hydrogens (tertiary/aromatic N) is 1. The summed E-state index contributed by atoms with van der Waals surface area (Å²) < 4.78 is 5.59. The van der Waals surface area contributed by atoms with Gasteiger partial charge < -0.3 is 9.84 Å². The van der Waals surface area contributed by atoms with Crippen LogP contribution < -0.4 is 0 Å². The van der Waals surface area contributed by atoms with E-state index in [-0.39, 0.29) is 17.6 Å². The molecule has 4 rings (SSSR count). The molecule has 1 fully saturated rings. The second kappa shape index (κ2) is 6.32. The lowest BCUT2D eigenvalue weighted by Crippen LogP contribution is -2.45. The highest BCUT2D eigenvalue weighted by atomic mass is 16.5. The summed E-state index contributed by atoms with van der Waals surface area (Å²) in [5.74, 6) is 0. The SMILES string of the molecule is CN(Cc1ccccc1)C1c2ccccc2C2(CCOCC2)C1O. The van der Waals surface area contributed by atoms with Crippen molar-refractivity contribution >= 4 is 0 Å². The summed E-state index contributed by atoms with van der Waals surface area (Å²) in [5, 5.41) is 11.3. The molecule has 2 atom stereocenters. The molecule has 0 amide bonds. The van der Waals surface area contributed by atoms with Gasteiger partial charge in [0.1, 0.15) is 0 Å². The fourth-order valence-corrected chi connectivity index (χ4v) is 4.59. The molecule has 3 heteroatoms. The van der Waals surface area contributed by atoms with Crippen molar-refractivity contribution in [1.29, 1.82) is 0 Å². The van der Waals surface area contributed by atoms with Gasteiger partial charge >= 0.3 is 0 Å². The van der Waals surface area contributed by atoms with E-state index < -0.39 is 0 Å². The van der Waals surface area contributed by atoms with Crippen molar-refractivity contribution in [3.63, 3.8) is 0 Å². The molecule has 2 aromatic rings. The first-order valence-electron chi connectivity index (χ1n) is 8.82. The summed E-state index contributed by atoms with van der Waals surface area (Å²) in [4.78, 5) is 2.29. The zero-order valence-corrected chi connectivity index (χ0v) is 14.2. The zero-order valence-electron chi connectivity index (χ0n) is 14.2. The number of fused-ring (bicyclic) bond motifs is 2. The third kappa shape index (κ3) is 2.48. The molecule has 3 nitrogen and oxygen atoms in total. The number of aliphatic hydroxyl groups excluding tert-OH is 1. The summed E-state index contributed by atoms with van der Waals surface area (Å²) >= 11 is 0. The molecular formula is C21H25NO2. The fraction of sp³-hybridized carbons (Fsp3) is 0.429. The lowest BCUT2D eigenvalue weighted by Gasteiger charge is -2.39. The van der Waals surface area contributed by atoms with Crippen LogP contribution in [-0.2, 0) is 16.7 Å². The van der Waals surface area contributed by atoms with Gasteiger partial charge in [-0.05, 0) is 36.6 Å². The molecule has 1 heterocycles. The van der Waals surface area contributed by atoms with E-state index in [1.165, 1.54) is 16.7 Å². The summed E-state index contributed by atoms with van der Waals surface area (Å²) in [6.45, 7) is 2.31. The van der Waals surface area contributed by atoms with Crippen molar-refractivity contribution in [3.8, 4) is 0 Å². The van der Waals surface area contributed by atoms with Crippen molar-refractivity contribution in [1.82, 2.24) is 4.90 Å². The van der Waals surface area contributed by atoms with Crippen molar-refractivity contribution in [2.45, 2.75) is 36.9 Å². The monoisotopic (exact) mass is 323 g/mol. The molecule has 0 radical (unpaired) electrons. The third-order valence-corrected chi connectivity index (χ3v) is 5.82. The number of rotatable bonds is 3. The predicted octanol–water partition coefficient (Wildman–Crippen LogP) is 3.28. The van der Waals surface area contributed by atoms with Crippen LogP contribution in [0.4, 0.5) is 0 Å². The van der Waals surface area contributed by atoms with Gasteiger partial charge in [0.25, 0.3) is 0 Å². The Hall–Kier alpha value is -1.68. The number of benzene rings is 2. The van der Waals surface area contributed by atoms with Gasteiger partial charge in [-0.1, -0.05) is 54.6 Å². The van der Waals surface area contributed by atoms with Gasteiger partial charge in [-0.25, -0.2) is 0 Å². The molecule has 1 spiro atoms. The normalized spacial score (nSPS) is 25.1. The Morgan fingerprint density at radius 3 is 2.46 bits per heavy atom. The standard InChI is InChI=1S/C21H25NO2/c1-22(15-16-7-3-2-4-8-16)19-17-9-5-6-10-18(17)21(20(19)23)11-13-24-14-12-21/h2-10,19-20,23H,11-15H2,1H3. The molecule has 2 aromatic carbocycles.